The van der Waals surface area contributed by atoms with E-state index in [0.29, 0.717) is 38.2 Å². The van der Waals surface area contributed by atoms with Crippen molar-refractivity contribution in [2.24, 2.45) is 5.92 Å². The van der Waals surface area contributed by atoms with E-state index in [2.05, 4.69) is 34.5 Å². The fourth-order valence-electron chi connectivity index (χ4n) is 3.73. The molecule has 0 atom stereocenters. The van der Waals surface area contributed by atoms with Gasteiger partial charge in [-0.3, -0.25) is 14.9 Å². The molecule has 1 amide bonds. The highest BCUT2D eigenvalue weighted by Gasteiger charge is 2.27. The second-order valence-electron chi connectivity index (χ2n) is 7.78. The molecule has 1 fully saturated rings. The number of amides is 1. The van der Waals surface area contributed by atoms with Gasteiger partial charge in [-0.25, -0.2) is 0 Å². The Labute approximate surface area is 171 Å². The van der Waals surface area contributed by atoms with Crippen LogP contribution in [0.15, 0.2) is 48.5 Å². The topological polar surface area (TPSA) is 78.7 Å². The van der Waals surface area contributed by atoms with Crippen LogP contribution in [0.5, 0.6) is 0 Å². The number of nitrogens with zero attached hydrogens (tertiary/aromatic N) is 3. The minimum Gasteiger partial charge on any atom is -0.366 e. The van der Waals surface area contributed by atoms with Crippen molar-refractivity contribution in [2.45, 2.75) is 25.9 Å². The summed E-state index contributed by atoms with van der Waals surface area (Å²) < 4.78 is 0. The Kier molecular flexibility index (Phi) is 6.82. The molecule has 7 nitrogen and oxygen atoms in total. The maximum atomic E-state index is 12.6. The highest BCUT2D eigenvalue weighted by Crippen LogP contribution is 2.31. The molecular formula is C22H28N4O3. The molecular weight excluding hydrogens is 368 g/mol. The molecule has 1 aliphatic heterocycles. The number of hydrogen-bond acceptors (Lipinski definition) is 5. The van der Waals surface area contributed by atoms with Gasteiger partial charge >= 0.3 is 0 Å². The Morgan fingerprint density at radius 3 is 2.34 bits per heavy atom. The molecule has 7 heteroatoms. The molecule has 0 spiro atoms. The second-order valence-corrected chi connectivity index (χ2v) is 7.78. The van der Waals surface area contributed by atoms with Gasteiger partial charge in [0.05, 0.1) is 4.92 Å². The maximum Gasteiger partial charge on any atom is 0.292 e. The molecule has 2 aromatic rings. The molecule has 0 unspecified atom stereocenters. The van der Waals surface area contributed by atoms with Crippen molar-refractivity contribution in [3.63, 3.8) is 0 Å². The van der Waals surface area contributed by atoms with Crippen LogP contribution >= 0.6 is 0 Å². The molecule has 0 saturated carbocycles. The fraction of sp³-hybridized carbons (Fsp3) is 0.409. The lowest BCUT2D eigenvalue weighted by Crippen LogP contribution is -2.40. The molecule has 2 aromatic carbocycles. The molecule has 1 saturated heterocycles. The van der Waals surface area contributed by atoms with Gasteiger partial charge in [-0.2, -0.15) is 0 Å². The number of piperidine rings is 1. The standard InChI is InChI=1S/C22H28N4O3/c1-24(2)16-18-9-7-17(8-10-18)15-23-22(27)19-11-13-25(14-12-19)20-5-3-4-6-21(20)26(28)29/h3-10,19H,11-16H2,1-2H3,(H,23,27). The predicted molar refractivity (Wildman–Crippen MR) is 114 cm³/mol. The van der Waals surface area contributed by atoms with E-state index < -0.39 is 0 Å². The first-order valence-electron chi connectivity index (χ1n) is 9.92. The van der Waals surface area contributed by atoms with Gasteiger partial charge in [0.1, 0.15) is 5.69 Å². The zero-order chi connectivity index (χ0) is 20.8. The molecule has 1 N–H and O–H groups in total. The Balaban J connectivity index is 1.50. The molecule has 29 heavy (non-hydrogen) atoms. The van der Waals surface area contributed by atoms with Crippen molar-refractivity contribution < 1.29 is 9.72 Å². The van der Waals surface area contributed by atoms with Gasteiger partial charge in [-0.05, 0) is 44.1 Å². The van der Waals surface area contributed by atoms with E-state index in [1.807, 2.05) is 25.1 Å². The normalized spacial score (nSPS) is 14.8. The van der Waals surface area contributed by atoms with Crippen LogP contribution in [-0.2, 0) is 17.9 Å². The molecule has 0 aromatic heterocycles. The quantitative estimate of drug-likeness (QED) is 0.574. The predicted octanol–water partition coefficient (Wildman–Crippen LogP) is 3.19. The number of carbonyl (C=O) groups is 1. The molecule has 154 valence electrons. The van der Waals surface area contributed by atoms with Gasteiger partial charge in [0.15, 0.2) is 0 Å². The van der Waals surface area contributed by atoms with Gasteiger partial charge in [0.2, 0.25) is 5.91 Å². The van der Waals surface area contributed by atoms with Crippen molar-refractivity contribution in [3.05, 3.63) is 69.8 Å². The third-order valence-corrected chi connectivity index (χ3v) is 5.27. The van der Waals surface area contributed by atoms with Crippen LogP contribution in [0.3, 0.4) is 0 Å². The van der Waals surface area contributed by atoms with E-state index in [0.717, 1.165) is 12.1 Å². The summed E-state index contributed by atoms with van der Waals surface area (Å²) in [4.78, 5) is 27.6. The summed E-state index contributed by atoms with van der Waals surface area (Å²) in [6, 6.07) is 15.1. The van der Waals surface area contributed by atoms with Crippen molar-refractivity contribution in [3.8, 4) is 0 Å². The fourth-order valence-corrected chi connectivity index (χ4v) is 3.73. The summed E-state index contributed by atoms with van der Waals surface area (Å²) in [5.74, 6) is 0.00612. The van der Waals surface area contributed by atoms with E-state index in [1.54, 1.807) is 12.1 Å². The number of nitro benzene ring substituents is 1. The third-order valence-electron chi connectivity index (χ3n) is 5.27. The minimum absolute atomic E-state index is 0.0537. The van der Waals surface area contributed by atoms with Gasteiger partial charge < -0.3 is 15.1 Å². The first-order valence-corrected chi connectivity index (χ1v) is 9.92. The summed E-state index contributed by atoms with van der Waals surface area (Å²) in [6.07, 6.45) is 1.39. The molecule has 0 bridgehead atoms. The van der Waals surface area contributed by atoms with E-state index >= 15 is 0 Å². The molecule has 1 aliphatic rings. The Morgan fingerprint density at radius 2 is 1.72 bits per heavy atom. The highest BCUT2D eigenvalue weighted by molar-refractivity contribution is 5.79. The zero-order valence-corrected chi connectivity index (χ0v) is 17.0. The number of benzene rings is 2. The lowest BCUT2D eigenvalue weighted by Gasteiger charge is -2.32. The van der Waals surface area contributed by atoms with Crippen LogP contribution in [0.25, 0.3) is 0 Å². The van der Waals surface area contributed by atoms with E-state index in [4.69, 9.17) is 0 Å². The third kappa shape index (κ3) is 5.54. The molecule has 1 heterocycles. The monoisotopic (exact) mass is 396 g/mol. The van der Waals surface area contributed by atoms with Crippen LogP contribution in [-0.4, -0.2) is 42.9 Å². The number of hydrogen-bond donors (Lipinski definition) is 1. The SMILES string of the molecule is CN(C)Cc1ccc(CNC(=O)C2CCN(c3ccccc3[N+](=O)[O-])CC2)cc1. The van der Waals surface area contributed by atoms with Gasteiger partial charge in [0.25, 0.3) is 5.69 Å². The number of carbonyl (C=O) groups excluding carboxylic acids is 1. The summed E-state index contributed by atoms with van der Waals surface area (Å²) in [7, 11) is 4.07. The average Bonchev–Trinajstić information content (AvgIpc) is 2.72. The largest absolute Gasteiger partial charge is 0.366 e. The number of rotatable bonds is 7. The Bertz CT molecular complexity index is 843. The number of nitrogens with one attached hydrogen (secondary N) is 1. The molecule has 3 rings (SSSR count). The lowest BCUT2D eigenvalue weighted by molar-refractivity contribution is -0.384. The maximum absolute atomic E-state index is 12.6. The summed E-state index contributed by atoms with van der Waals surface area (Å²) >= 11 is 0. The summed E-state index contributed by atoms with van der Waals surface area (Å²) in [5, 5.41) is 14.3. The smallest absolute Gasteiger partial charge is 0.292 e. The van der Waals surface area contributed by atoms with Gasteiger partial charge in [0, 0.05) is 38.2 Å². The number of anilines is 1. The average molecular weight is 396 g/mol. The number of nitro groups is 1. The van der Waals surface area contributed by atoms with Crippen LogP contribution in [0, 0.1) is 16.0 Å². The summed E-state index contributed by atoms with van der Waals surface area (Å²) in [6.45, 7) is 2.70. The van der Waals surface area contributed by atoms with Crippen LogP contribution < -0.4 is 10.2 Å². The Hall–Kier alpha value is -2.93. The Morgan fingerprint density at radius 1 is 1.10 bits per heavy atom. The highest BCUT2D eigenvalue weighted by atomic mass is 16.6. The first-order chi connectivity index (χ1) is 13.9. The summed E-state index contributed by atoms with van der Waals surface area (Å²) in [5.41, 5.74) is 3.08. The minimum atomic E-state index is -0.349. The first kappa shape index (κ1) is 20.8. The van der Waals surface area contributed by atoms with Gasteiger partial charge in [-0.1, -0.05) is 36.4 Å². The van der Waals surface area contributed by atoms with Crippen molar-refractivity contribution in [1.29, 1.82) is 0 Å². The van der Waals surface area contributed by atoms with Crippen molar-refractivity contribution in [1.82, 2.24) is 10.2 Å². The lowest BCUT2D eigenvalue weighted by atomic mass is 9.95. The van der Waals surface area contributed by atoms with Crippen LogP contribution in [0.4, 0.5) is 11.4 Å². The van der Waals surface area contributed by atoms with E-state index in [-0.39, 0.29) is 22.4 Å². The number of para-hydroxylation sites is 2. The molecule has 0 aliphatic carbocycles. The van der Waals surface area contributed by atoms with Crippen LogP contribution in [0.2, 0.25) is 0 Å². The van der Waals surface area contributed by atoms with Gasteiger partial charge in [-0.15, -0.1) is 0 Å². The zero-order valence-electron chi connectivity index (χ0n) is 17.0. The van der Waals surface area contributed by atoms with E-state index in [9.17, 15) is 14.9 Å². The molecule has 0 radical (unpaired) electrons. The van der Waals surface area contributed by atoms with Crippen molar-refractivity contribution in [2.75, 3.05) is 32.1 Å². The van der Waals surface area contributed by atoms with Crippen LogP contribution in [0.1, 0.15) is 24.0 Å². The second kappa shape index (κ2) is 9.52. The van der Waals surface area contributed by atoms with E-state index in [1.165, 1.54) is 11.6 Å². The van der Waals surface area contributed by atoms with Crippen molar-refractivity contribution >= 4 is 17.3 Å².